The van der Waals surface area contributed by atoms with Gasteiger partial charge in [-0.3, -0.25) is 9.59 Å². The number of unbranched alkanes of at least 4 members (excludes halogenated alkanes) is 40. The number of amides is 1. The van der Waals surface area contributed by atoms with Gasteiger partial charge in [0.25, 0.3) is 0 Å². The van der Waals surface area contributed by atoms with Crippen LogP contribution in [0.5, 0.6) is 0 Å². The molecule has 11 nitrogen and oxygen atoms in total. The van der Waals surface area contributed by atoms with Crippen molar-refractivity contribution in [3.8, 4) is 0 Å². The molecule has 1 amide bonds. The Morgan fingerprint density at radius 2 is 0.784 bits per heavy atom. The lowest BCUT2D eigenvalue weighted by atomic mass is 9.99. The van der Waals surface area contributed by atoms with E-state index in [-0.39, 0.29) is 19.4 Å². The molecule has 0 aliphatic carbocycles. The van der Waals surface area contributed by atoms with Crippen molar-refractivity contribution >= 4 is 11.9 Å². The van der Waals surface area contributed by atoms with Crippen LogP contribution in [0.2, 0.25) is 0 Å². The fourth-order valence-electron chi connectivity index (χ4n) is 11.5. The Morgan fingerprint density at radius 3 is 1.20 bits per heavy atom. The molecule has 1 aliphatic rings. The Kier molecular flexibility index (Phi) is 60.6. The zero-order valence-electron chi connectivity index (χ0n) is 57.1. The lowest BCUT2D eigenvalue weighted by Gasteiger charge is -2.41. The van der Waals surface area contributed by atoms with Crippen molar-refractivity contribution in [3.63, 3.8) is 0 Å². The number of nitrogens with one attached hydrogen (secondary N) is 1. The number of allylic oxidation sites excluding steroid dienone is 11. The van der Waals surface area contributed by atoms with Crippen molar-refractivity contribution in [1.29, 1.82) is 0 Å². The molecule has 0 aromatic carbocycles. The summed E-state index contributed by atoms with van der Waals surface area (Å²) in [5, 5.41) is 57.3. The molecule has 1 aliphatic heterocycles. The Balaban J connectivity index is 2.55. The third kappa shape index (κ3) is 50.7. The Bertz CT molecular complexity index is 1710. The molecule has 6 N–H and O–H groups in total. The van der Waals surface area contributed by atoms with E-state index in [2.05, 4.69) is 86.8 Å². The van der Waals surface area contributed by atoms with E-state index in [4.69, 9.17) is 14.2 Å². The second-order valence-corrected chi connectivity index (χ2v) is 25.7. The number of aliphatic hydroxyl groups is 5. The third-order valence-electron chi connectivity index (χ3n) is 17.3. The lowest BCUT2D eigenvalue weighted by molar-refractivity contribution is -0.305. The summed E-state index contributed by atoms with van der Waals surface area (Å²) in [5.41, 5.74) is 0. The highest BCUT2D eigenvalue weighted by atomic mass is 16.7. The lowest BCUT2D eigenvalue weighted by Crippen LogP contribution is -2.61. The molecule has 1 fully saturated rings. The maximum Gasteiger partial charge on any atom is 0.306 e. The van der Waals surface area contributed by atoms with Crippen molar-refractivity contribution in [1.82, 2.24) is 5.32 Å². The summed E-state index contributed by atoms with van der Waals surface area (Å²) in [6.45, 7) is 5.79. The molecular formula is C77H139NO10. The van der Waals surface area contributed by atoms with Crippen LogP contribution in [0, 0.1) is 0 Å². The molecule has 1 rings (SSSR count). The molecule has 1 saturated heterocycles. The minimum absolute atomic E-state index is 0.123. The second kappa shape index (κ2) is 64.2. The molecule has 0 bridgehead atoms. The maximum atomic E-state index is 13.5. The zero-order valence-corrected chi connectivity index (χ0v) is 57.1. The average Bonchev–Trinajstić information content (AvgIpc) is 2.54. The smallest absolute Gasteiger partial charge is 0.306 e. The first-order valence-corrected chi connectivity index (χ1v) is 37.2. The van der Waals surface area contributed by atoms with Crippen molar-refractivity contribution in [2.45, 2.75) is 391 Å². The zero-order chi connectivity index (χ0) is 63.9. The van der Waals surface area contributed by atoms with Crippen LogP contribution < -0.4 is 5.32 Å². The van der Waals surface area contributed by atoms with Crippen molar-refractivity contribution in [2.75, 3.05) is 13.2 Å². The summed E-state index contributed by atoms with van der Waals surface area (Å²) in [6, 6.07) is -1.03. The van der Waals surface area contributed by atoms with E-state index < -0.39 is 67.4 Å². The molecule has 0 spiro atoms. The molecule has 8 unspecified atom stereocenters. The normalized spacial score (nSPS) is 18.6. The number of aliphatic hydroxyl groups excluding tert-OH is 5. The summed E-state index contributed by atoms with van der Waals surface area (Å²) < 4.78 is 17.7. The Morgan fingerprint density at radius 1 is 0.443 bits per heavy atom. The monoisotopic (exact) mass is 1240 g/mol. The van der Waals surface area contributed by atoms with Crippen LogP contribution >= 0.6 is 0 Å². The summed E-state index contributed by atoms with van der Waals surface area (Å²) in [6.07, 6.45) is 73.7. The number of ether oxygens (including phenoxy) is 3. The van der Waals surface area contributed by atoms with E-state index in [0.717, 1.165) is 96.3 Å². The highest BCUT2D eigenvalue weighted by molar-refractivity contribution is 5.80. The van der Waals surface area contributed by atoms with Gasteiger partial charge in [0.2, 0.25) is 5.91 Å². The van der Waals surface area contributed by atoms with Crippen molar-refractivity contribution in [2.24, 2.45) is 0 Å². The summed E-state index contributed by atoms with van der Waals surface area (Å²) in [5.74, 6) is -1.20. The van der Waals surface area contributed by atoms with Crippen molar-refractivity contribution in [3.05, 3.63) is 72.9 Å². The summed E-state index contributed by atoms with van der Waals surface area (Å²) >= 11 is 0. The molecule has 8 atom stereocenters. The molecular weight excluding hydrogens is 1100 g/mol. The molecule has 0 radical (unpaired) electrons. The van der Waals surface area contributed by atoms with Gasteiger partial charge in [0.1, 0.15) is 24.4 Å². The van der Waals surface area contributed by atoms with Gasteiger partial charge in [0.05, 0.1) is 25.4 Å². The predicted octanol–water partition coefficient (Wildman–Crippen LogP) is 19.5. The Hall–Kier alpha value is -2.90. The molecule has 11 heteroatoms. The number of esters is 1. The second-order valence-electron chi connectivity index (χ2n) is 25.7. The van der Waals surface area contributed by atoms with E-state index in [9.17, 15) is 35.1 Å². The number of hydrogen-bond donors (Lipinski definition) is 6. The van der Waals surface area contributed by atoms with Gasteiger partial charge in [0, 0.05) is 6.42 Å². The minimum Gasteiger partial charge on any atom is -0.454 e. The molecule has 88 heavy (non-hydrogen) atoms. The fraction of sp³-hybridized carbons (Fsp3) is 0.818. The molecule has 0 saturated carbocycles. The number of carbonyl (C=O) groups is 2. The van der Waals surface area contributed by atoms with Crippen LogP contribution in [-0.4, -0.2) is 99.6 Å². The van der Waals surface area contributed by atoms with Gasteiger partial charge in [-0.05, 0) is 96.3 Å². The van der Waals surface area contributed by atoms with Crippen LogP contribution in [0.3, 0.4) is 0 Å². The maximum absolute atomic E-state index is 13.5. The van der Waals surface area contributed by atoms with Gasteiger partial charge in [-0.15, -0.1) is 0 Å². The first-order valence-electron chi connectivity index (χ1n) is 37.2. The van der Waals surface area contributed by atoms with Crippen LogP contribution in [0.1, 0.15) is 342 Å². The Labute approximate surface area is 541 Å². The first-order chi connectivity index (χ1) is 43.2. The average molecular weight is 1240 g/mol. The SMILES string of the molecule is CCCCC/C=C\C/C=C\C/C=C\C/C=C\CCCCCCCCC(O)C(=O)NC(COC1OC(CO)C(O)C(O)C1OC(=O)CCCCCCCCCCCCCCCCC/C=C/CCCCCCCC)C(O)/C=C/CCCCCCCCCCCC. The van der Waals surface area contributed by atoms with E-state index in [1.54, 1.807) is 6.08 Å². The van der Waals surface area contributed by atoms with E-state index in [1.165, 1.54) is 199 Å². The molecule has 0 aromatic heterocycles. The first kappa shape index (κ1) is 83.1. The van der Waals surface area contributed by atoms with Gasteiger partial charge in [0.15, 0.2) is 12.4 Å². The molecule has 1 heterocycles. The van der Waals surface area contributed by atoms with Crippen LogP contribution in [0.4, 0.5) is 0 Å². The molecule has 512 valence electrons. The van der Waals surface area contributed by atoms with E-state index >= 15 is 0 Å². The van der Waals surface area contributed by atoms with Crippen LogP contribution in [0.15, 0.2) is 72.9 Å². The number of hydrogen-bond acceptors (Lipinski definition) is 10. The molecule has 0 aromatic rings. The summed E-state index contributed by atoms with van der Waals surface area (Å²) in [4.78, 5) is 26.7. The largest absolute Gasteiger partial charge is 0.454 e. The van der Waals surface area contributed by atoms with Crippen molar-refractivity contribution < 1.29 is 49.3 Å². The van der Waals surface area contributed by atoms with E-state index in [1.807, 2.05) is 6.08 Å². The fourth-order valence-corrected chi connectivity index (χ4v) is 11.5. The highest BCUT2D eigenvalue weighted by Gasteiger charge is 2.47. The van der Waals surface area contributed by atoms with Gasteiger partial charge < -0.3 is 45.1 Å². The standard InChI is InChI=1S/C77H139NO10/c1-4-7-10-13-16-19-22-25-27-29-31-33-35-36-37-39-41-43-45-47-50-53-56-59-62-65-72(82)88-75-74(84)73(83)71(66-79)87-77(75)86-67-68(69(80)63-60-57-54-51-48-24-21-18-15-12-9-6-3)78-76(85)70(81)64-61-58-55-52-49-46-44-42-40-38-34-32-30-28-26-23-20-17-14-11-8-5-2/h17,20,25-28,32,34,40,42,60,63,68-71,73-75,77,79-81,83-84H,4-16,18-19,21-24,29-31,33,35-39,41,43-59,61-62,64-67H2,1-3H3,(H,78,85)/b20-17-,27-25+,28-26-,34-32-,42-40-,63-60+. The van der Waals surface area contributed by atoms with Gasteiger partial charge in [-0.2, -0.15) is 0 Å². The van der Waals surface area contributed by atoms with Crippen LogP contribution in [-0.2, 0) is 23.8 Å². The number of carbonyl (C=O) groups excluding carboxylic acids is 2. The van der Waals surface area contributed by atoms with Gasteiger partial charge in [-0.25, -0.2) is 0 Å². The van der Waals surface area contributed by atoms with Crippen LogP contribution in [0.25, 0.3) is 0 Å². The number of rotatable bonds is 64. The predicted molar refractivity (Wildman–Crippen MR) is 370 cm³/mol. The topological polar surface area (TPSA) is 175 Å². The van der Waals surface area contributed by atoms with E-state index in [0.29, 0.717) is 12.8 Å². The van der Waals surface area contributed by atoms with Gasteiger partial charge >= 0.3 is 5.97 Å². The third-order valence-corrected chi connectivity index (χ3v) is 17.3. The quantitative estimate of drug-likeness (QED) is 0.0195. The minimum atomic E-state index is -1.62. The summed E-state index contributed by atoms with van der Waals surface area (Å²) in [7, 11) is 0. The highest BCUT2D eigenvalue weighted by Crippen LogP contribution is 2.26. The van der Waals surface area contributed by atoms with Gasteiger partial charge in [-0.1, -0.05) is 312 Å².